The fraction of sp³-hybridized carbons (Fsp3) is 0.0714. The molecule has 34 heavy (non-hydrogen) atoms. The number of nitrogens with one attached hydrogen (secondary N) is 2. The van der Waals surface area contributed by atoms with Gasteiger partial charge in [0.05, 0.1) is 11.1 Å². The first-order valence-electron chi connectivity index (χ1n) is 11.1. The standard InChI is InChI=1S/C28H22N6/c29-18-20-14-15-26(32-19-20)30-16-17-31-27-24-12-6-7-13-25(24)33-28(34-27)23-11-5-4-10-22(23)21-8-2-1-3-9-21/h1-15,19H,16-17H2,(H,30,32)(H,31,33,34). The molecule has 2 N–H and O–H groups in total. The number of nitriles is 1. The van der Waals surface area contributed by atoms with Crippen molar-refractivity contribution in [1.29, 1.82) is 5.26 Å². The lowest BCUT2D eigenvalue weighted by Crippen LogP contribution is -2.15. The van der Waals surface area contributed by atoms with E-state index in [2.05, 4.69) is 46.0 Å². The average molecular weight is 443 g/mol. The quantitative estimate of drug-likeness (QED) is 0.312. The molecule has 3 aromatic carbocycles. The molecular weight excluding hydrogens is 420 g/mol. The number of fused-ring (bicyclic) bond motifs is 1. The highest BCUT2D eigenvalue weighted by Gasteiger charge is 2.13. The lowest BCUT2D eigenvalue weighted by molar-refractivity contribution is 1.04. The van der Waals surface area contributed by atoms with Crippen LogP contribution in [-0.2, 0) is 0 Å². The Morgan fingerprint density at radius 3 is 2.24 bits per heavy atom. The topological polar surface area (TPSA) is 86.5 Å². The molecule has 0 amide bonds. The molecule has 0 unspecified atom stereocenters. The second kappa shape index (κ2) is 9.80. The normalized spacial score (nSPS) is 10.6. The molecule has 6 nitrogen and oxygen atoms in total. The van der Waals surface area contributed by atoms with Crippen LogP contribution in [0.2, 0.25) is 0 Å². The molecule has 2 aromatic heterocycles. The Hall–Kier alpha value is -4.76. The van der Waals surface area contributed by atoms with Crippen LogP contribution in [0.4, 0.5) is 11.6 Å². The van der Waals surface area contributed by atoms with Crippen LogP contribution in [0.15, 0.2) is 97.2 Å². The summed E-state index contributed by atoms with van der Waals surface area (Å²) in [5.74, 6) is 2.20. The zero-order chi connectivity index (χ0) is 23.2. The van der Waals surface area contributed by atoms with Crippen LogP contribution >= 0.6 is 0 Å². The lowest BCUT2D eigenvalue weighted by Gasteiger charge is -2.14. The number of para-hydroxylation sites is 1. The number of pyridine rings is 1. The van der Waals surface area contributed by atoms with Gasteiger partial charge in [-0.1, -0.05) is 66.7 Å². The van der Waals surface area contributed by atoms with E-state index in [1.807, 2.05) is 54.6 Å². The third kappa shape index (κ3) is 4.54. The summed E-state index contributed by atoms with van der Waals surface area (Å²) < 4.78 is 0. The molecule has 0 atom stereocenters. The van der Waals surface area contributed by atoms with Gasteiger partial charge < -0.3 is 10.6 Å². The van der Waals surface area contributed by atoms with E-state index in [-0.39, 0.29) is 0 Å². The Morgan fingerprint density at radius 1 is 0.706 bits per heavy atom. The summed E-state index contributed by atoms with van der Waals surface area (Å²) in [7, 11) is 0. The van der Waals surface area contributed by atoms with Gasteiger partial charge >= 0.3 is 0 Å². The lowest BCUT2D eigenvalue weighted by atomic mass is 9.99. The number of rotatable bonds is 7. The fourth-order valence-corrected chi connectivity index (χ4v) is 3.82. The minimum Gasteiger partial charge on any atom is -0.368 e. The maximum Gasteiger partial charge on any atom is 0.162 e. The number of aromatic nitrogens is 3. The third-order valence-electron chi connectivity index (χ3n) is 5.47. The van der Waals surface area contributed by atoms with Crippen LogP contribution in [0.1, 0.15) is 5.56 Å². The summed E-state index contributed by atoms with van der Waals surface area (Å²) in [6, 6.07) is 32.2. The van der Waals surface area contributed by atoms with Gasteiger partial charge in [0.15, 0.2) is 5.82 Å². The molecule has 0 aliphatic heterocycles. The molecular formula is C28H22N6. The molecule has 0 fully saturated rings. The second-order valence-electron chi connectivity index (χ2n) is 7.72. The molecule has 0 bridgehead atoms. The van der Waals surface area contributed by atoms with E-state index in [0.29, 0.717) is 24.5 Å². The summed E-state index contributed by atoms with van der Waals surface area (Å²) in [4.78, 5) is 14.1. The Balaban J connectivity index is 1.42. The molecule has 6 heteroatoms. The van der Waals surface area contributed by atoms with E-state index in [0.717, 1.165) is 39.2 Å². The summed E-state index contributed by atoms with van der Waals surface area (Å²) in [6.45, 7) is 1.29. The number of benzene rings is 3. The van der Waals surface area contributed by atoms with Crippen molar-refractivity contribution >= 4 is 22.5 Å². The van der Waals surface area contributed by atoms with Gasteiger partial charge in [0.1, 0.15) is 17.7 Å². The van der Waals surface area contributed by atoms with E-state index in [1.165, 1.54) is 0 Å². The highest BCUT2D eigenvalue weighted by molar-refractivity contribution is 5.92. The molecule has 5 aromatic rings. The SMILES string of the molecule is N#Cc1ccc(NCCNc2nc(-c3ccccc3-c3ccccc3)nc3ccccc23)nc1. The third-order valence-corrected chi connectivity index (χ3v) is 5.47. The molecule has 0 spiro atoms. The number of hydrogen-bond donors (Lipinski definition) is 2. The predicted octanol–water partition coefficient (Wildman–Crippen LogP) is 5.75. The molecule has 0 aliphatic rings. The van der Waals surface area contributed by atoms with E-state index in [4.69, 9.17) is 15.2 Å². The molecule has 0 radical (unpaired) electrons. The summed E-state index contributed by atoms with van der Waals surface area (Å²) in [6.07, 6.45) is 1.56. The van der Waals surface area contributed by atoms with Crippen molar-refractivity contribution in [1.82, 2.24) is 15.0 Å². The van der Waals surface area contributed by atoms with Crippen molar-refractivity contribution in [2.45, 2.75) is 0 Å². The van der Waals surface area contributed by atoms with Crippen molar-refractivity contribution in [3.05, 3.63) is 103 Å². The highest BCUT2D eigenvalue weighted by Crippen LogP contribution is 2.32. The van der Waals surface area contributed by atoms with Gasteiger partial charge in [0, 0.05) is 30.2 Å². The van der Waals surface area contributed by atoms with E-state index in [1.54, 1.807) is 18.3 Å². The van der Waals surface area contributed by atoms with E-state index >= 15 is 0 Å². The van der Waals surface area contributed by atoms with Crippen molar-refractivity contribution in [3.63, 3.8) is 0 Å². The Morgan fingerprint density at radius 2 is 1.44 bits per heavy atom. The van der Waals surface area contributed by atoms with Crippen molar-refractivity contribution in [2.75, 3.05) is 23.7 Å². The van der Waals surface area contributed by atoms with Crippen molar-refractivity contribution in [2.24, 2.45) is 0 Å². The Bertz CT molecular complexity index is 1460. The minimum absolute atomic E-state index is 0.541. The highest BCUT2D eigenvalue weighted by atomic mass is 15.1. The summed E-state index contributed by atoms with van der Waals surface area (Å²) in [5.41, 5.74) is 4.64. The predicted molar refractivity (Wildman–Crippen MR) is 136 cm³/mol. The van der Waals surface area contributed by atoms with Crippen LogP contribution in [-0.4, -0.2) is 28.0 Å². The maximum atomic E-state index is 8.91. The van der Waals surface area contributed by atoms with Crippen molar-refractivity contribution in [3.8, 4) is 28.6 Å². The van der Waals surface area contributed by atoms with Crippen LogP contribution in [0, 0.1) is 11.3 Å². The largest absolute Gasteiger partial charge is 0.368 e. The van der Waals surface area contributed by atoms with Crippen molar-refractivity contribution < 1.29 is 0 Å². The van der Waals surface area contributed by atoms with Gasteiger partial charge in [0.25, 0.3) is 0 Å². The zero-order valence-electron chi connectivity index (χ0n) is 18.4. The summed E-state index contributed by atoms with van der Waals surface area (Å²) >= 11 is 0. The Labute approximate surface area is 198 Å². The fourth-order valence-electron chi connectivity index (χ4n) is 3.82. The first kappa shape index (κ1) is 21.1. The molecule has 0 aliphatic carbocycles. The first-order valence-corrected chi connectivity index (χ1v) is 11.1. The zero-order valence-corrected chi connectivity index (χ0v) is 18.4. The minimum atomic E-state index is 0.541. The van der Waals surface area contributed by atoms with Gasteiger partial charge in [-0.3, -0.25) is 0 Å². The van der Waals surface area contributed by atoms with Gasteiger partial charge in [-0.05, 0) is 35.4 Å². The number of hydrogen-bond acceptors (Lipinski definition) is 6. The van der Waals surface area contributed by atoms with Crippen LogP contribution in [0.3, 0.4) is 0 Å². The second-order valence-corrected chi connectivity index (χ2v) is 7.72. The molecule has 2 heterocycles. The number of anilines is 2. The van der Waals surface area contributed by atoms with Gasteiger partial charge in [-0.15, -0.1) is 0 Å². The molecule has 0 saturated heterocycles. The van der Waals surface area contributed by atoms with E-state index in [9.17, 15) is 0 Å². The van der Waals surface area contributed by atoms with Crippen LogP contribution < -0.4 is 10.6 Å². The van der Waals surface area contributed by atoms with Crippen LogP contribution in [0.5, 0.6) is 0 Å². The van der Waals surface area contributed by atoms with Gasteiger partial charge in [-0.2, -0.15) is 5.26 Å². The maximum absolute atomic E-state index is 8.91. The van der Waals surface area contributed by atoms with Gasteiger partial charge in [0.2, 0.25) is 0 Å². The molecule has 0 saturated carbocycles. The first-order chi connectivity index (χ1) is 16.8. The van der Waals surface area contributed by atoms with Gasteiger partial charge in [-0.25, -0.2) is 15.0 Å². The number of nitrogens with zero attached hydrogens (tertiary/aromatic N) is 4. The Kier molecular flexibility index (Phi) is 6.08. The van der Waals surface area contributed by atoms with E-state index < -0.39 is 0 Å². The van der Waals surface area contributed by atoms with Crippen LogP contribution in [0.25, 0.3) is 33.4 Å². The summed E-state index contributed by atoms with van der Waals surface area (Å²) in [5, 5.41) is 16.6. The monoisotopic (exact) mass is 442 g/mol. The smallest absolute Gasteiger partial charge is 0.162 e. The molecule has 164 valence electrons. The molecule has 5 rings (SSSR count). The average Bonchev–Trinajstić information content (AvgIpc) is 2.91.